The van der Waals surface area contributed by atoms with Gasteiger partial charge in [0.1, 0.15) is 17.2 Å². The van der Waals surface area contributed by atoms with Crippen molar-refractivity contribution in [2.45, 2.75) is 6.54 Å². The maximum Gasteiger partial charge on any atom is 0.254 e. The Hall–Kier alpha value is -3.03. The second-order valence-corrected chi connectivity index (χ2v) is 6.91. The summed E-state index contributed by atoms with van der Waals surface area (Å²) in [7, 11) is 4.77. The van der Waals surface area contributed by atoms with Crippen LogP contribution in [0.5, 0.6) is 11.5 Å². The lowest BCUT2D eigenvalue weighted by Gasteiger charge is -2.21. The van der Waals surface area contributed by atoms with E-state index in [1.165, 1.54) is 0 Å². The van der Waals surface area contributed by atoms with Crippen LogP contribution in [-0.4, -0.2) is 50.4 Å². The van der Waals surface area contributed by atoms with Gasteiger partial charge in [-0.25, -0.2) is 0 Å². The van der Waals surface area contributed by atoms with Crippen LogP contribution in [0.25, 0.3) is 11.3 Å². The highest BCUT2D eigenvalue weighted by atomic mass is 35.5. The van der Waals surface area contributed by atoms with E-state index < -0.39 is 0 Å². The van der Waals surface area contributed by atoms with Crippen molar-refractivity contribution in [3.8, 4) is 22.8 Å². The number of amides is 1. The Kier molecular flexibility index (Phi) is 7.32. The third-order valence-electron chi connectivity index (χ3n) is 4.53. The van der Waals surface area contributed by atoms with Crippen molar-refractivity contribution in [3.05, 3.63) is 64.8 Å². The summed E-state index contributed by atoms with van der Waals surface area (Å²) in [6, 6.07) is 14.0. The van der Waals surface area contributed by atoms with Gasteiger partial charge >= 0.3 is 0 Å². The van der Waals surface area contributed by atoms with Crippen molar-refractivity contribution < 1.29 is 23.5 Å². The fourth-order valence-electron chi connectivity index (χ4n) is 2.94. The SMILES string of the molecule is COCCN(Cc1cc(-c2cc(OC)ccc2OC)on1)C(=O)c1ccc(Cl)cc1. The molecule has 1 heterocycles. The van der Waals surface area contributed by atoms with Gasteiger partial charge in [-0.2, -0.15) is 0 Å². The van der Waals surface area contributed by atoms with Gasteiger partial charge in [-0.3, -0.25) is 4.79 Å². The first-order valence-corrected chi connectivity index (χ1v) is 9.65. The summed E-state index contributed by atoms with van der Waals surface area (Å²) in [5.74, 6) is 1.67. The lowest BCUT2D eigenvalue weighted by atomic mass is 10.1. The molecule has 1 amide bonds. The predicted octanol–water partition coefficient (Wildman–Crippen LogP) is 4.30. The van der Waals surface area contributed by atoms with Crippen LogP contribution in [0.15, 0.2) is 53.1 Å². The fourth-order valence-corrected chi connectivity index (χ4v) is 3.07. The van der Waals surface area contributed by atoms with Gasteiger partial charge in [-0.1, -0.05) is 16.8 Å². The highest BCUT2D eigenvalue weighted by Gasteiger charge is 2.19. The number of hydrogen-bond acceptors (Lipinski definition) is 6. The highest BCUT2D eigenvalue weighted by molar-refractivity contribution is 6.30. The van der Waals surface area contributed by atoms with Gasteiger partial charge in [0.25, 0.3) is 5.91 Å². The summed E-state index contributed by atoms with van der Waals surface area (Å²) >= 11 is 5.93. The van der Waals surface area contributed by atoms with Gasteiger partial charge in [0.2, 0.25) is 0 Å². The van der Waals surface area contributed by atoms with E-state index in [2.05, 4.69) is 5.16 Å². The molecule has 0 aliphatic rings. The molecular weight excluding hydrogens is 408 g/mol. The van der Waals surface area contributed by atoms with Crippen molar-refractivity contribution in [1.29, 1.82) is 0 Å². The molecule has 0 fully saturated rings. The molecule has 0 aliphatic heterocycles. The van der Waals surface area contributed by atoms with Gasteiger partial charge < -0.3 is 23.6 Å². The average Bonchev–Trinajstić information content (AvgIpc) is 3.24. The molecule has 2 aromatic carbocycles. The normalized spacial score (nSPS) is 10.7. The smallest absolute Gasteiger partial charge is 0.254 e. The molecule has 0 unspecified atom stereocenters. The quantitative estimate of drug-likeness (QED) is 0.504. The van der Waals surface area contributed by atoms with Crippen LogP contribution in [0, 0.1) is 0 Å². The summed E-state index contributed by atoms with van der Waals surface area (Å²) in [5, 5.41) is 4.71. The third-order valence-corrected chi connectivity index (χ3v) is 4.78. The standard InChI is InChI=1S/C22H23ClN2O5/c1-27-11-10-25(22(26)15-4-6-16(23)7-5-15)14-17-12-21(30-24-17)19-13-18(28-2)8-9-20(19)29-3/h4-9,12-13H,10-11,14H2,1-3H3. The molecule has 0 atom stereocenters. The monoisotopic (exact) mass is 430 g/mol. The number of ether oxygens (including phenoxy) is 3. The molecule has 8 heteroatoms. The minimum atomic E-state index is -0.146. The van der Waals surface area contributed by atoms with Crippen LogP contribution in [0.1, 0.15) is 16.1 Å². The number of carbonyl (C=O) groups is 1. The van der Waals surface area contributed by atoms with Crippen molar-refractivity contribution in [3.63, 3.8) is 0 Å². The van der Waals surface area contributed by atoms with Crippen molar-refractivity contribution >= 4 is 17.5 Å². The number of hydrogen-bond donors (Lipinski definition) is 0. The minimum absolute atomic E-state index is 0.146. The summed E-state index contributed by atoms with van der Waals surface area (Å²) in [6.45, 7) is 1.07. The van der Waals surface area contributed by atoms with Crippen LogP contribution in [0.3, 0.4) is 0 Å². The average molecular weight is 431 g/mol. The number of nitrogens with zero attached hydrogens (tertiary/aromatic N) is 2. The van der Waals surface area contributed by atoms with E-state index in [9.17, 15) is 4.79 Å². The predicted molar refractivity (Wildman–Crippen MR) is 113 cm³/mol. The molecule has 0 aliphatic carbocycles. The first-order valence-electron chi connectivity index (χ1n) is 9.27. The zero-order chi connectivity index (χ0) is 21.5. The van der Waals surface area contributed by atoms with Gasteiger partial charge in [0.05, 0.1) is 32.9 Å². The molecule has 0 bridgehead atoms. The van der Waals surface area contributed by atoms with Crippen LogP contribution in [-0.2, 0) is 11.3 Å². The van der Waals surface area contributed by atoms with E-state index in [1.807, 2.05) is 6.07 Å². The summed E-state index contributed by atoms with van der Waals surface area (Å²) in [5.41, 5.74) is 1.85. The Morgan fingerprint density at radius 2 is 1.83 bits per heavy atom. The molecule has 158 valence electrons. The van der Waals surface area contributed by atoms with E-state index in [0.717, 1.165) is 0 Å². The Bertz CT molecular complexity index is 987. The molecule has 0 saturated carbocycles. The topological polar surface area (TPSA) is 74.0 Å². The van der Waals surface area contributed by atoms with Crippen LogP contribution >= 0.6 is 11.6 Å². The summed E-state index contributed by atoms with van der Waals surface area (Å²) in [4.78, 5) is 14.6. The Morgan fingerprint density at radius 1 is 1.07 bits per heavy atom. The molecule has 0 N–H and O–H groups in total. The second kappa shape index (κ2) is 10.1. The zero-order valence-electron chi connectivity index (χ0n) is 17.1. The maximum absolute atomic E-state index is 13.0. The first-order chi connectivity index (χ1) is 14.5. The first kappa shape index (κ1) is 21.7. The molecule has 0 spiro atoms. The molecule has 7 nitrogen and oxygen atoms in total. The van der Waals surface area contributed by atoms with Crippen molar-refractivity contribution in [2.75, 3.05) is 34.5 Å². The fraction of sp³-hybridized carbons (Fsp3) is 0.273. The lowest BCUT2D eigenvalue weighted by molar-refractivity contribution is 0.0676. The van der Waals surface area contributed by atoms with Crippen LogP contribution in [0.4, 0.5) is 0 Å². The van der Waals surface area contributed by atoms with Gasteiger partial charge in [-0.15, -0.1) is 0 Å². The maximum atomic E-state index is 13.0. The Balaban J connectivity index is 1.84. The molecule has 0 radical (unpaired) electrons. The number of aromatic nitrogens is 1. The van der Waals surface area contributed by atoms with Gasteiger partial charge in [0.15, 0.2) is 5.76 Å². The Labute approximate surface area is 180 Å². The number of carbonyl (C=O) groups excluding carboxylic acids is 1. The van der Waals surface area contributed by atoms with E-state index in [0.29, 0.717) is 52.3 Å². The molecule has 30 heavy (non-hydrogen) atoms. The molecule has 3 aromatic rings. The number of benzene rings is 2. The summed E-state index contributed by atoms with van der Waals surface area (Å²) < 4.78 is 21.4. The molecule has 3 rings (SSSR count). The van der Waals surface area contributed by atoms with E-state index in [-0.39, 0.29) is 12.5 Å². The van der Waals surface area contributed by atoms with E-state index in [4.69, 9.17) is 30.3 Å². The largest absolute Gasteiger partial charge is 0.497 e. The third kappa shape index (κ3) is 5.11. The van der Waals surface area contributed by atoms with Crippen LogP contribution in [0.2, 0.25) is 5.02 Å². The van der Waals surface area contributed by atoms with Gasteiger partial charge in [-0.05, 0) is 42.5 Å². The number of rotatable bonds is 9. The second-order valence-electron chi connectivity index (χ2n) is 6.48. The summed E-state index contributed by atoms with van der Waals surface area (Å²) in [6.07, 6.45) is 0. The van der Waals surface area contributed by atoms with E-state index in [1.54, 1.807) is 68.7 Å². The van der Waals surface area contributed by atoms with Gasteiger partial charge in [0, 0.05) is 30.3 Å². The number of halogens is 1. The highest BCUT2D eigenvalue weighted by Crippen LogP contribution is 2.34. The zero-order valence-corrected chi connectivity index (χ0v) is 17.8. The van der Waals surface area contributed by atoms with Crippen molar-refractivity contribution in [2.24, 2.45) is 0 Å². The van der Waals surface area contributed by atoms with Crippen LogP contribution < -0.4 is 9.47 Å². The van der Waals surface area contributed by atoms with Crippen molar-refractivity contribution in [1.82, 2.24) is 10.1 Å². The minimum Gasteiger partial charge on any atom is -0.497 e. The molecule has 1 aromatic heterocycles. The lowest BCUT2D eigenvalue weighted by Crippen LogP contribution is -2.33. The molecular formula is C22H23ClN2O5. The van der Waals surface area contributed by atoms with E-state index >= 15 is 0 Å². The Morgan fingerprint density at radius 3 is 2.50 bits per heavy atom. The number of methoxy groups -OCH3 is 3. The molecule has 0 saturated heterocycles.